The third kappa shape index (κ3) is 26.8. The number of allylic oxidation sites excluding steroid dienone is 1. The van der Waals surface area contributed by atoms with Gasteiger partial charge in [-0.1, -0.05) is 212 Å². The Kier molecular flexibility index (Phi) is 39.2. The highest BCUT2D eigenvalue weighted by Crippen LogP contribution is 2.33. The van der Waals surface area contributed by atoms with Crippen molar-refractivity contribution in [1.29, 1.82) is 0 Å². The Balaban J connectivity index is 1.50. The quantitative estimate of drug-likeness (QED) is 0.0254. The van der Waals surface area contributed by atoms with Crippen LogP contribution in [0, 0.1) is 0 Å². The summed E-state index contributed by atoms with van der Waals surface area (Å²) in [5.74, 6) is -0.272. The minimum atomic E-state index is -1.97. The second kappa shape index (κ2) is 43.2. The molecule has 0 aromatic heterocycles. The Morgan fingerprint density at radius 3 is 1.21 bits per heavy atom. The highest BCUT2D eigenvalue weighted by molar-refractivity contribution is 5.76. The summed E-state index contributed by atoms with van der Waals surface area (Å²) in [6.07, 6.45) is 16.1. The molecule has 0 radical (unpaired) electrons. The number of rotatable bonds is 46. The van der Waals surface area contributed by atoms with E-state index in [1.165, 1.54) is 154 Å². The Morgan fingerprint density at radius 1 is 0.449 bits per heavy atom. The molecule has 460 valence electrons. The summed E-state index contributed by atoms with van der Waals surface area (Å²) in [5.41, 5.74) is 0. The lowest BCUT2D eigenvalue weighted by Crippen LogP contribution is -2.66. The summed E-state index contributed by atoms with van der Waals surface area (Å²) in [4.78, 5) is 13.3. The summed E-state index contributed by atoms with van der Waals surface area (Å²) in [5, 5.41) is 120. The van der Waals surface area contributed by atoms with E-state index >= 15 is 0 Å². The summed E-state index contributed by atoms with van der Waals surface area (Å²) < 4.78 is 34.3. The lowest BCUT2D eigenvalue weighted by Gasteiger charge is -2.48. The van der Waals surface area contributed by atoms with Gasteiger partial charge in [-0.2, -0.15) is 0 Å². The predicted octanol–water partition coefficient (Wildman–Crippen LogP) is 5.77. The predicted molar refractivity (Wildman–Crippen MR) is 296 cm³/mol. The van der Waals surface area contributed by atoms with Crippen molar-refractivity contribution in [2.75, 3.05) is 26.4 Å². The van der Waals surface area contributed by atoms with Crippen LogP contribution in [0.5, 0.6) is 0 Å². The lowest BCUT2D eigenvalue weighted by molar-refractivity contribution is -0.379. The summed E-state index contributed by atoms with van der Waals surface area (Å²) in [6.45, 7) is 1.74. The van der Waals surface area contributed by atoms with Crippen molar-refractivity contribution < 1.29 is 89.4 Å². The molecule has 3 rings (SSSR count). The second-order valence-corrected chi connectivity index (χ2v) is 22.5. The molecular weight excluding hydrogens is 1010 g/mol. The van der Waals surface area contributed by atoms with E-state index in [9.17, 15) is 61.0 Å². The molecule has 78 heavy (non-hydrogen) atoms. The topological polar surface area (TPSA) is 307 Å². The number of carbonyl (C=O) groups excluding carboxylic acids is 1. The van der Waals surface area contributed by atoms with Gasteiger partial charge in [0, 0.05) is 6.42 Å². The number of hydrogen-bond acceptors (Lipinski definition) is 18. The maximum Gasteiger partial charge on any atom is 0.220 e. The molecule has 19 heteroatoms. The summed E-state index contributed by atoms with van der Waals surface area (Å²) in [6, 6.07) is -0.966. The average molecular weight is 1120 g/mol. The van der Waals surface area contributed by atoms with Gasteiger partial charge in [0.2, 0.25) is 5.91 Å². The first-order valence-electron chi connectivity index (χ1n) is 30.9. The first-order valence-corrected chi connectivity index (χ1v) is 30.9. The zero-order valence-electron chi connectivity index (χ0n) is 47.9. The number of nitrogens with one attached hydrogen (secondary N) is 1. The Hall–Kier alpha value is -1.47. The Bertz CT molecular complexity index is 1480. The van der Waals surface area contributed by atoms with Gasteiger partial charge in [-0.15, -0.1) is 0 Å². The van der Waals surface area contributed by atoms with Crippen LogP contribution in [0.2, 0.25) is 0 Å². The number of aliphatic hydroxyl groups is 11. The molecule has 3 aliphatic rings. The van der Waals surface area contributed by atoms with Gasteiger partial charge in [0.1, 0.15) is 73.2 Å². The first-order chi connectivity index (χ1) is 37.8. The molecule has 3 heterocycles. The number of amides is 1. The van der Waals surface area contributed by atoms with Crippen LogP contribution in [-0.4, -0.2) is 193 Å². The highest BCUT2D eigenvalue weighted by atomic mass is 16.8. The molecule has 3 saturated heterocycles. The molecule has 12 N–H and O–H groups in total. The van der Waals surface area contributed by atoms with Gasteiger partial charge in [-0.3, -0.25) is 4.79 Å². The standard InChI is InChI=1S/C59H111NO18/c1-3-5-7-9-11-13-15-17-19-21-22-24-26-28-30-32-34-36-43(64)42(60-47(65)37-35-33-31-29-27-25-23-20-18-16-14-12-10-8-6-4-2)41-73-57-53(71)50(68)55(45(39-62)75-57)78-59-54(72)51(69)56(46(40-63)76-59)77-58-52(70)49(67)48(66)44(38-61)74-58/h34,36,42-46,48-59,61-64,66-72H,3-33,35,37-41H2,1-2H3,(H,60,65)/b36-34+. The molecule has 0 spiro atoms. The number of unbranched alkanes of at least 4 members (excludes halogenated alkanes) is 30. The fourth-order valence-electron chi connectivity index (χ4n) is 10.7. The normalized spacial score (nSPS) is 30.5. The summed E-state index contributed by atoms with van der Waals surface area (Å²) >= 11 is 0. The van der Waals surface area contributed by atoms with Gasteiger partial charge in [-0.25, -0.2) is 0 Å². The van der Waals surface area contributed by atoms with Crippen molar-refractivity contribution in [3.63, 3.8) is 0 Å². The van der Waals surface area contributed by atoms with Crippen molar-refractivity contribution in [3.05, 3.63) is 12.2 Å². The van der Waals surface area contributed by atoms with Crippen LogP contribution in [0.3, 0.4) is 0 Å². The van der Waals surface area contributed by atoms with E-state index in [2.05, 4.69) is 19.2 Å². The number of aliphatic hydroxyl groups excluding tert-OH is 11. The third-order valence-electron chi connectivity index (χ3n) is 15.8. The van der Waals surface area contributed by atoms with Crippen LogP contribution < -0.4 is 5.32 Å². The van der Waals surface area contributed by atoms with Crippen molar-refractivity contribution >= 4 is 5.91 Å². The van der Waals surface area contributed by atoms with E-state index in [4.69, 9.17) is 28.4 Å². The maximum absolute atomic E-state index is 13.3. The highest BCUT2D eigenvalue weighted by Gasteiger charge is 2.53. The van der Waals surface area contributed by atoms with Gasteiger partial charge in [-0.05, 0) is 19.3 Å². The molecule has 3 aliphatic heterocycles. The second-order valence-electron chi connectivity index (χ2n) is 22.5. The van der Waals surface area contributed by atoms with Gasteiger partial charge in [0.05, 0.1) is 38.6 Å². The van der Waals surface area contributed by atoms with E-state index in [-0.39, 0.29) is 18.9 Å². The number of hydrogen-bond donors (Lipinski definition) is 12. The van der Waals surface area contributed by atoms with Crippen molar-refractivity contribution in [2.45, 2.75) is 330 Å². The average Bonchev–Trinajstić information content (AvgIpc) is 3.47. The fourth-order valence-corrected chi connectivity index (χ4v) is 10.7. The molecule has 0 bridgehead atoms. The van der Waals surface area contributed by atoms with Crippen LogP contribution in [0.1, 0.15) is 226 Å². The monoisotopic (exact) mass is 1120 g/mol. The first kappa shape index (κ1) is 70.8. The SMILES string of the molecule is CCCCCCCCCCCCCCCCC/C=C/C(O)C(COC1OC(CO)C(OC2OC(CO)C(OC3OC(CO)C(O)C(O)C3O)C(O)C2O)C(O)C1O)NC(=O)CCCCCCCCCCCCCCCCCC. The van der Waals surface area contributed by atoms with E-state index < -0.39 is 124 Å². The fraction of sp³-hybridized carbons (Fsp3) is 0.949. The zero-order chi connectivity index (χ0) is 56.9. The van der Waals surface area contributed by atoms with Crippen molar-refractivity contribution in [1.82, 2.24) is 5.32 Å². The van der Waals surface area contributed by atoms with Crippen LogP contribution >= 0.6 is 0 Å². The molecule has 1 amide bonds. The zero-order valence-corrected chi connectivity index (χ0v) is 47.9. The van der Waals surface area contributed by atoms with Crippen LogP contribution in [0.15, 0.2) is 12.2 Å². The van der Waals surface area contributed by atoms with E-state index in [1.807, 2.05) is 6.08 Å². The molecule has 0 aliphatic carbocycles. The molecule has 0 saturated carbocycles. The van der Waals surface area contributed by atoms with Gasteiger partial charge in [0.15, 0.2) is 18.9 Å². The minimum Gasteiger partial charge on any atom is -0.394 e. The third-order valence-corrected chi connectivity index (χ3v) is 15.8. The molecule has 17 unspecified atom stereocenters. The van der Waals surface area contributed by atoms with Crippen LogP contribution in [0.4, 0.5) is 0 Å². The van der Waals surface area contributed by atoms with Gasteiger partial charge >= 0.3 is 0 Å². The molecule has 17 atom stereocenters. The van der Waals surface area contributed by atoms with Crippen molar-refractivity contribution in [3.8, 4) is 0 Å². The van der Waals surface area contributed by atoms with E-state index in [0.717, 1.165) is 44.9 Å². The van der Waals surface area contributed by atoms with Gasteiger partial charge in [0.25, 0.3) is 0 Å². The van der Waals surface area contributed by atoms with Crippen molar-refractivity contribution in [2.24, 2.45) is 0 Å². The number of carbonyl (C=O) groups is 1. The smallest absolute Gasteiger partial charge is 0.220 e. The van der Waals surface area contributed by atoms with Crippen LogP contribution in [-0.2, 0) is 33.2 Å². The Morgan fingerprint density at radius 2 is 0.795 bits per heavy atom. The summed E-state index contributed by atoms with van der Waals surface area (Å²) in [7, 11) is 0. The molecule has 3 fully saturated rings. The van der Waals surface area contributed by atoms with Gasteiger partial charge < -0.3 is 89.9 Å². The maximum atomic E-state index is 13.3. The molecule has 0 aromatic rings. The molecule has 19 nitrogen and oxygen atoms in total. The van der Waals surface area contributed by atoms with Crippen LogP contribution in [0.25, 0.3) is 0 Å². The molecular formula is C59H111NO18. The minimum absolute atomic E-state index is 0.249. The number of ether oxygens (including phenoxy) is 6. The van der Waals surface area contributed by atoms with E-state index in [0.29, 0.717) is 6.42 Å². The Labute approximate surface area is 467 Å². The molecule has 0 aromatic carbocycles. The lowest BCUT2D eigenvalue weighted by atomic mass is 9.96. The largest absolute Gasteiger partial charge is 0.394 e. The van der Waals surface area contributed by atoms with E-state index in [1.54, 1.807) is 6.08 Å².